The number of methoxy groups -OCH3 is 1. The summed E-state index contributed by atoms with van der Waals surface area (Å²) in [7, 11) is 1.70. The zero-order valence-electron chi connectivity index (χ0n) is 7.20. The molecular weight excluding hydrogens is 182 g/mol. The van der Waals surface area contributed by atoms with Gasteiger partial charge in [0.1, 0.15) is 0 Å². The third-order valence-electron chi connectivity index (χ3n) is 0.868. The van der Waals surface area contributed by atoms with Crippen molar-refractivity contribution in [3.63, 3.8) is 0 Å². The van der Waals surface area contributed by atoms with Gasteiger partial charge in [0.05, 0.1) is 13.2 Å². The molecule has 0 spiro atoms. The SMILES string of the molecule is CCON(SC)SCCOC. The molecule has 0 amide bonds. The molecule has 0 saturated carbocycles. The fourth-order valence-electron chi connectivity index (χ4n) is 0.443. The highest BCUT2D eigenvalue weighted by Crippen LogP contribution is 2.18. The van der Waals surface area contributed by atoms with Gasteiger partial charge in [0, 0.05) is 12.9 Å². The minimum atomic E-state index is 0.709. The highest BCUT2D eigenvalue weighted by Gasteiger charge is 2.01. The van der Waals surface area contributed by atoms with Gasteiger partial charge in [-0.3, -0.25) is 4.84 Å². The summed E-state index contributed by atoms with van der Waals surface area (Å²) in [4.78, 5) is 5.24. The zero-order chi connectivity index (χ0) is 8.53. The van der Waals surface area contributed by atoms with Crippen molar-refractivity contribution in [2.75, 3.05) is 32.3 Å². The van der Waals surface area contributed by atoms with E-state index < -0.39 is 0 Å². The molecule has 68 valence electrons. The first-order chi connectivity index (χ1) is 5.35. The van der Waals surface area contributed by atoms with E-state index in [4.69, 9.17) is 9.57 Å². The third kappa shape index (κ3) is 6.96. The van der Waals surface area contributed by atoms with Crippen LogP contribution in [0.1, 0.15) is 6.92 Å². The largest absolute Gasteiger partial charge is 0.384 e. The van der Waals surface area contributed by atoms with E-state index >= 15 is 0 Å². The van der Waals surface area contributed by atoms with Crippen LogP contribution < -0.4 is 0 Å². The second kappa shape index (κ2) is 8.67. The highest BCUT2D eigenvalue weighted by molar-refractivity contribution is 8.11. The molecule has 3 nitrogen and oxygen atoms in total. The molecule has 0 radical (unpaired) electrons. The van der Waals surface area contributed by atoms with Crippen LogP contribution in [-0.4, -0.2) is 36.2 Å². The van der Waals surface area contributed by atoms with Gasteiger partial charge in [0.25, 0.3) is 0 Å². The molecule has 11 heavy (non-hydrogen) atoms. The molecule has 0 fully saturated rings. The van der Waals surface area contributed by atoms with Gasteiger partial charge in [-0.15, -0.1) is 0 Å². The van der Waals surface area contributed by atoms with Gasteiger partial charge in [-0.05, 0) is 37.1 Å². The van der Waals surface area contributed by atoms with Crippen LogP contribution in [-0.2, 0) is 9.57 Å². The zero-order valence-corrected chi connectivity index (χ0v) is 8.83. The minimum absolute atomic E-state index is 0.709. The lowest BCUT2D eigenvalue weighted by Crippen LogP contribution is -2.09. The van der Waals surface area contributed by atoms with Gasteiger partial charge < -0.3 is 4.74 Å². The van der Waals surface area contributed by atoms with Crippen LogP contribution >= 0.6 is 23.9 Å². The standard InChI is InChI=1S/C6H15NO2S2/c1-4-9-7(10-3)11-6-5-8-2/h4-6H2,1-3H3. The molecule has 0 aliphatic carbocycles. The Balaban J connectivity index is 3.20. The fraction of sp³-hybridized carbons (Fsp3) is 1.00. The Labute approximate surface area is 77.0 Å². The summed E-state index contributed by atoms with van der Waals surface area (Å²) in [6.45, 7) is 3.44. The fourth-order valence-corrected chi connectivity index (χ4v) is 1.87. The summed E-state index contributed by atoms with van der Waals surface area (Å²) in [6, 6.07) is 0. The average molecular weight is 197 g/mol. The summed E-state index contributed by atoms with van der Waals surface area (Å²) in [5.41, 5.74) is 0. The van der Waals surface area contributed by atoms with E-state index in [-0.39, 0.29) is 0 Å². The van der Waals surface area contributed by atoms with Crippen LogP contribution in [0, 0.1) is 0 Å². The Kier molecular flexibility index (Phi) is 9.13. The molecule has 0 aromatic carbocycles. The molecule has 0 aromatic rings. The Hall–Kier alpha value is 0.580. The van der Waals surface area contributed by atoms with Gasteiger partial charge in [0.15, 0.2) is 0 Å². The smallest absolute Gasteiger partial charge is 0.0679 e. The Bertz CT molecular complexity index is 85.0. The van der Waals surface area contributed by atoms with E-state index in [1.54, 1.807) is 34.9 Å². The van der Waals surface area contributed by atoms with Crippen LogP contribution in [0.3, 0.4) is 0 Å². The van der Waals surface area contributed by atoms with Crippen molar-refractivity contribution in [1.82, 2.24) is 3.87 Å². The molecule has 0 aliphatic heterocycles. The predicted molar refractivity (Wildman–Crippen MR) is 51.3 cm³/mol. The Morgan fingerprint density at radius 2 is 2.18 bits per heavy atom. The van der Waals surface area contributed by atoms with Crippen molar-refractivity contribution in [1.29, 1.82) is 0 Å². The third-order valence-corrected chi connectivity index (χ3v) is 2.70. The number of nitrogens with zero attached hydrogens (tertiary/aromatic N) is 1. The second-order valence-corrected chi connectivity index (χ2v) is 3.58. The normalized spacial score (nSPS) is 10.9. The van der Waals surface area contributed by atoms with Gasteiger partial charge in [0.2, 0.25) is 0 Å². The highest BCUT2D eigenvalue weighted by atomic mass is 32.2. The molecule has 0 bridgehead atoms. The van der Waals surface area contributed by atoms with Crippen molar-refractivity contribution < 1.29 is 9.57 Å². The lowest BCUT2D eigenvalue weighted by molar-refractivity contribution is 0.0121. The summed E-state index contributed by atoms with van der Waals surface area (Å²) < 4.78 is 6.69. The lowest BCUT2D eigenvalue weighted by atomic mass is 10.9. The number of hydrogen-bond donors (Lipinski definition) is 0. The molecule has 5 heteroatoms. The summed E-state index contributed by atoms with van der Waals surface area (Å²) >= 11 is 3.18. The summed E-state index contributed by atoms with van der Waals surface area (Å²) in [6.07, 6.45) is 1.98. The van der Waals surface area contributed by atoms with Crippen LogP contribution in [0.15, 0.2) is 0 Å². The monoisotopic (exact) mass is 197 g/mol. The second-order valence-electron chi connectivity index (χ2n) is 1.65. The molecule has 0 unspecified atom stereocenters. The van der Waals surface area contributed by atoms with E-state index in [1.807, 2.05) is 13.2 Å². The van der Waals surface area contributed by atoms with Crippen molar-refractivity contribution in [3.05, 3.63) is 0 Å². The summed E-state index contributed by atoms with van der Waals surface area (Å²) in [5.74, 6) is 0.928. The lowest BCUT2D eigenvalue weighted by Gasteiger charge is -2.15. The van der Waals surface area contributed by atoms with Gasteiger partial charge >= 0.3 is 0 Å². The van der Waals surface area contributed by atoms with Gasteiger partial charge in [-0.2, -0.15) is 0 Å². The van der Waals surface area contributed by atoms with Crippen molar-refractivity contribution >= 4 is 23.9 Å². The van der Waals surface area contributed by atoms with Crippen LogP contribution in [0.25, 0.3) is 0 Å². The van der Waals surface area contributed by atoms with Gasteiger partial charge in [-0.25, -0.2) is 0 Å². The van der Waals surface area contributed by atoms with E-state index in [2.05, 4.69) is 0 Å². The average Bonchev–Trinajstić information content (AvgIpc) is 2.03. The van der Waals surface area contributed by atoms with E-state index in [0.29, 0.717) is 6.61 Å². The maximum absolute atomic E-state index is 5.24. The Morgan fingerprint density at radius 1 is 1.45 bits per heavy atom. The predicted octanol–water partition coefficient (Wildman–Crippen LogP) is 1.81. The molecule has 0 N–H and O–H groups in total. The Morgan fingerprint density at radius 3 is 2.64 bits per heavy atom. The first-order valence-electron chi connectivity index (χ1n) is 3.44. The van der Waals surface area contributed by atoms with Crippen molar-refractivity contribution in [2.45, 2.75) is 6.92 Å². The quantitative estimate of drug-likeness (QED) is 0.351. The van der Waals surface area contributed by atoms with E-state index in [0.717, 1.165) is 12.4 Å². The molecule has 0 heterocycles. The number of ether oxygens (including phenoxy) is 1. The van der Waals surface area contributed by atoms with Crippen molar-refractivity contribution in [3.8, 4) is 0 Å². The van der Waals surface area contributed by atoms with Crippen LogP contribution in [0.2, 0.25) is 0 Å². The molecule has 0 rings (SSSR count). The number of hydrogen-bond acceptors (Lipinski definition) is 5. The maximum atomic E-state index is 5.24. The van der Waals surface area contributed by atoms with Crippen LogP contribution in [0.5, 0.6) is 0 Å². The summed E-state index contributed by atoms with van der Waals surface area (Å²) in [5, 5.41) is 0. The number of rotatable bonds is 7. The van der Waals surface area contributed by atoms with E-state index in [1.165, 1.54) is 0 Å². The van der Waals surface area contributed by atoms with Gasteiger partial charge in [-0.1, -0.05) is 3.87 Å². The minimum Gasteiger partial charge on any atom is -0.384 e. The molecule has 0 atom stereocenters. The molecule has 0 saturated heterocycles. The molecule has 0 aromatic heterocycles. The maximum Gasteiger partial charge on any atom is 0.0679 e. The van der Waals surface area contributed by atoms with Crippen LogP contribution in [0.4, 0.5) is 0 Å². The molecular formula is C6H15NO2S2. The first kappa shape index (κ1) is 11.6. The first-order valence-corrected chi connectivity index (χ1v) is 5.56. The molecule has 0 aliphatic rings. The van der Waals surface area contributed by atoms with E-state index in [9.17, 15) is 0 Å². The topological polar surface area (TPSA) is 21.7 Å². The van der Waals surface area contributed by atoms with Crippen molar-refractivity contribution in [2.24, 2.45) is 0 Å².